The molecule has 5 heteroatoms. The number of aliphatic hydroxyl groups excluding tert-OH is 1. The van der Waals surface area contributed by atoms with E-state index in [1.165, 1.54) is 0 Å². The van der Waals surface area contributed by atoms with Gasteiger partial charge in [0.05, 0.1) is 18.8 Å². The van der Waals surface area contributed by atoms with Crippen molar-refractivity contribution < 1.29 is 19.1 Å². The predicted molar refractivity (Wildman–Crippen MR) is 123 cm³/mol. The van der Waals surface area contributed by atoms with Crippen molar-refractivity contribution in [3.63, 3.8) is 0 Å². The number of carbonyl (C=O) groups is 1. The molecule has 168 valence electrons. The van der Waals surface area contributed by atoms with Crippen molar-refractivity contribution in [1.82, 2.24) is 4.90 Å². The van der Waals surface area contributed by atoms with Crippen molar-refractivity contribution in [3.05, 3.63) is 90.4 Å². The summed E-state index contributed by atoms with van der Waals surface area (Å²) in [4.78, 5) is 15.1. The first-order valence-corrected chi connectivity index (χ1v) is 11.3. The molecule has 0 aliphatic carbocycles. The molecule has 0 spiro atoms. The molecule has 3 aromatic rings. The number of amides is 1. The maximum atomic E-state index is 13.2. The Morgan fingerprint density at radius 2 is 1.69 bits per heavy atom. The van der Waals surface area contributed by atoms with Gasteiger partial charge in [0.1, 0.15) is 11.5 Å². The van der Waals surface area contributed by atoms with E-state index in [0.29, 0.717) is 26.1 Å². The van der Waals surface area contributed by atoms with E-state index in [-0.39, 0.29) is 23.8 Å². The van der Waals surface area contributed by atoms with E-state index in [2.05, 4.69) is 0 Å². The number of likely N-dealkylation sites (tertiary alicyclic amines) is 1. The standard InChI is InChI=1S/C27H31NO4/c29-21-27(15-19-31-23-10-5-2-6-11-23)13-16-28(17-14-27)26(30)20-24(25-12-7-18-32-25)22-8-3-1-4-9-22/h1-12,18,24,29H,13-17,19-21H2/t24-/m0/s1. The molecule has 0 radical (unpaired) electrons. The summed E-state index contributed by atoms with van der Waals surface area (Å²) in [6.45, 7) is 1.99. The number of benzene rings is 2. The Bertz CT molecular complexity index is 948. The van der Waals surface area contributed by atoms with E-state index >= 15 is 0 Å². The van der Waals surface area contributed by atoms with Gasteiger partial charge < -0.3 is 19.2 Å². The Kier molecular flexibility index (Phi) is 7.28. The zero-order chi connectivity index (χ0) is 22.2. The van der Waals surface area contributed by atoms with Crippen LogP contribution in [0.25, 0.3) is 0 Å². The molecular formula is C27H31NO4. The lowest BCUT2D eigenvalue weighted by molar-refractivity contribution is -0.134. The number of aliphatic hydroxyl groups is 1. The molecule has 1 atom stereocenters. The zero-order valence-corrected chi connectivity index (χ0v) is 18.4. The van der Waals surface area contributed by atoms with Crippen molar-refractivity contribution in [3.8, 4) is 5.75 Å². The molecule has 1 N–H and O–H groups in total. The van der Waals surface area contributed by atoms with Gasteiger partial charge in [-0.05, 0) is 49.1 Å². The largest absolute Gasteiger partial charge is 0.494 e. The number of carbonyl (C=O) groups excluding carboxylic acids is 1. The minimum atomic E-state index is -0.189. The average molecular weight is 434 g/mol. The molecule has 4 rings (SSSR count). The van der Waals surface area contributed by atoms with Gasteiger partial charge in [0.15, 0.2) is 0 Å². The summed E-state index contributed by atoms with van der Waals surface area (Å²) in [6.07, 6.45) is 4.37. The van der Waals surface area contributed by atoms with Gasteiger partial charge in [0, 0.05) is 31.5 Å². The van der Waals surface area contributed by atoms with Gasteiger partial charge in [0.2, 0.25) is 5.91 Å². The molecule has 0 bridgehead atoms. The molecule has 0 unspecified atom stereocenters. The van der Waals surface area contributed by atoms with Crippen LogP contribution < -0.4 is 4.74 Å². The SMILES string of the molecule is O=C(C[C@@H](c1ccccc1)c1ccco1)N1CCC(CO)(CCOc2ccccc2)CC1. The van der Waals surface area contributed by atoms with E-state index in [1.807, 2.05) is 77.7 Å². The Morgan fingerprint density at radius 3 is 2.31 bits per heavy atom. The summed E-state index contributed by atoms with van der Waals surface area (Å²) in [6, 6.07) is 23.6. The van der Waals surface area contributed by atoms with Crippen LogP contribution in [-0.4, -0.2) is 42.2 Å². The molecule has 2 aromatic carbocycles. The van der Waals surface area contributed by atoms with E-state index in [4.69, 9.17) is 9.15 Å². The second-order valence-corrected chi connectivity index (χ2v) is 8.63. The number of hydrogen-bond acceptors (Lipinski definition) is 4. The first-order valence-electron chi connectivity index (χ1n) is 11.3. The summed E-state index contributed by atoms with van der Waals surface area (Å²) < 4.78 is 11.5. The van der Waals surface area contributed by atoms with Crippen LogP contribution in [0.3, 0.4) is 0 Å². The smallest absolute Gasteiger partial charge is 0.223 e. The highest BCUT2D eigenvalue weighted by Gasteiger charge is 2.36. The van der Waals surface area contributed by atoms with Crippen LogP contribution in [0.5, 0.6) is 5.75 Å². The fourth-order valence-electron chi connectivity index (χ4n) is 4.48. The van der Waals surface area contributed by atoms with Crippen LogP contribution >= 0.6 is 0 Å². The Balaban J connectivity index is 1.33. The first-order chi connectivity index (χ1) is 15.7. The molecule has 1 aliphatic heterocycles. The number of piperidine rings is 1. The second kappa shape index (κ2) is 10.5. The predicted octanol–water partition coefficient (Wildman–Crippen LogP) is 4.87. The molecule has 1 amide bonds. The van der Waals surface area contributed by atoms with Crippen molar-refractivity contribution in [2.75, 3.05) is 26.3 Å². The second-order valence-electron chi connectivity index (χ2n) is 8.63. The molecular weight excluding hydrogens is 402 g/mol. The molecule has 2 heterocycles. The van der Waals surface area contributed by atoms with Gasteiger partial charge in [-0.2, -0.15) is 0 Å². The number of nitrogens with zero attached hydrogens (tertiary/aromatic N) is 1. The van der Waals surface area contributed by atoms with E-state index in [1.54, 1.807) is 6.26 Å². The minimum absolute atomic E-state index is 0.0949. The Morgan fingerprint density at radius 1 is 1.00 bits per heavy atom. The third-order valence-electron chi connectivity index (χ3n) is 6.62. The average Bonchev–Trinajstić information content (AvgIpc) is 3.39. The number of furan rings is 1. The zero-order valence-electron chi connectivity index (χ0n) is 18.4. The van der Waals surface area contributed by atoms with Gasteiger partial charge in [-0.3, -0.25) is 4.79 Å². The monoisotopic (exact) mass is 433 g/mol. The van der Waals surface area contributed by atoms with Crippen LogP contribution in [-0.2, 0) is 4.79 Å². The molecule has 1 aliphatic rings. The van der Waals surface area contributed by atoms with E-state index < -0.39 is 0 Å². The lowest BCUT2D eigenvalue weighted by atomic mass is 9.76. The summed E-state index contributed by atoms with van der Waals surface area (Å²) in [5.74, 6) is 1.69. The topological polar surface area (TPSA) is 62.9 Å². The highest BCUT2D eigenvalue weighted by Crippen LogP contribution is 2.36. The van der Waals surface area contributed by atoms with Crippen LogP contribution in [0, 0.1) is 5.41 Å². The number of para-hydroxylation sites is 1. The van der Waals surface area contributed by atoms with E-state index in [9.17, 15) is 9.90 Å². The van der Waals surface area contributed by atoms with Crippen LogP contribution in [0.15, 0.2) is 83.5 Å². The third kappa shape index (κ3) is 5.40. The van der Waals surface area contributed by atoms with E-state index in [0.717, 1.165) is 36.3 Å². The van der Waals surface area contributed by atoms with Gasteiger partial charge in [0.25, 0.3) is 0 Å². The Labute approximate surface area is 189 Å². The summed E-state index contributed by atoms with van der Waals surface area (Å²) >= 11 is 0. The lowest BCUT2D eigenvalue weighted by Crippen LogP contribution is -2.45. The summed E-state index contributed by atoms with van der Waals surface area (Å²) in [5.41, 5.74) is 0.890. The van der Waals surface area contributed by atoms with Gasteiger partial charge in [-0.1, -0.05) is 48.5 Å². The van der Waals surface area contributed by atoms with Crippen LogP contribution in [0.1, 0.15) is 42.9 Å². The fourth-order valence-corrected chi connectivity index (χ4v) is 4.48. The highest BCUT2D eigenvalue weighted by molar-refractivity contribution is 5.77. The first kappa shape index (κ1) is 22.2. The molecule has 0 saturated carbocycles. The quantitative estimate of drug-likeness (QED) is 0.523. The van der Waals surface area contributed by atoms with Gasteiger partial charge in [-0.15, -0.1) is 0 Å². The van der Waals surface area contributed by atoms with Crippen LogP contribution in [0.2, 0.25) is 0 Å². The van der Waals surface area contributed by atoms with Gasteiger partial charge >= 0.3 is 0 Å². The Hall–Kier alpha value is -3.05. The number of rotatable bonds is 9. The molecule has 1 aromatic heterocycles. The molecule has 1 saturated heterocycles. The van der Waals surface area contributed by atoms with Crippen molar-refractivity contribution in [2.45, 2.75) is 31.6 Å². The number of hydrogen-bond donors (Lipinski definition) is 1. The summed E-state index contributed by atoms with van der Waals surface area (Å²) in [5, 5.41) is 10.1. The fraction of sp³-hybridized carbons (Fsp3) is 0.370. The number of ether oxygens (including phenoxy) is 1. The lowest BCUT2D eigenvalue weighted by Gasteiger charge is -2.41. The van der Waals surface area contributed by atoms with Crippen LogP contribution in [0.4, 0.5) is 0 Å². The highest BCUT2D eigenvalue weighted by atomic mass is 16.5. The van der Waals surface area contributed by atoms with Crippen molar-refractivity contribution in [2.24, 2.45) is 5.41 Å². The maximum Gasteiger partial charge on any atom is 0.223 e. The molecule has 5 nitrogen and oxygen atoms in total. The molecule has 1 fully saturated rings. The molecule has 32 heavy (non-hydrogen) atoms. The van der Waals surface area contributed by atoms with Crippen molar-refractivity contribution in [1.29, 1.82) is 0 Å². The van der Waals surface area contributed by atoms with Crippen molar-refractivity contribution >= 4 is 5.91 Å². The normalized spacial score (nSPS) is 16.5. The maximum absolute atomic E-state index is 13.2. The summed E-state index contributed by atoms with van der Waals surface area (Å²) in [7, 11) is 0. The van der Waals surface area contributed by atoms with Gasteiger partial charge in [-0.25, -0.2) is 0 Å². The minimum Gasteiger partial charge on any atom is -0.494 e. The third-order valence-corrected chi connectivity index (χ3v) is 6.62.